The van der Waals surface area contributed by atoms with Crippen LogP contribution in [0.1, 0.15) is 25.7 Å². The molecule has 0 saturated carbocycles. The minimum Gasteiger partial charge on any atom is -0.494 e. The van der Waals surface area contributed by atoms with E-state index in [1.807, 2.05) is 48.5 Å². The van der Waals surface area contributed by atoms with Gasteiger partial charge in [0.2, 0.25) is 0 Å². The van der Waals surface area contributed by atoms with E-state index in [1.54, 1.807) is 6.07 Å². The molecule has 1 N–H and O–H groups in total. The van der Waals surface area contributed by atoms with Crippen LogP contribution in [-0.4, -0.2) is 36.1 Å². The van der Waals surface area contributed by atoms with Crippen molar-refractivity contribution in [1.29, 1.82) is 0 Å². The number of pyridine rings is 1. The molecule has 0 radical (unpaired) electrons. The van der Waals surface area contributed by atoms with Crippen LogP contribution in [0, 0.1) is 0 Å². The van der Waals surface area contributed by atoms with Crippen molar-refractivity contribution >= 4 is 10.9 Å². The number of hydrogen-bond donors (Lipinski definition) is 1. The number of piperidine rings is 1. The zero-order chi connectivity index (χ0) is 18.5. The van der Waals surface area contributed by atoms with Gasteiger partial charge in [0.25, 0.3) is 0 Å². The number of aromatic amines is 1. The van der Waals surface area contributed by atoms with E-state index in [1.165, 1.54) is 32.4 Å². The molecule has 0 unspecified atom stereocenters. The van der Waals surface area contributed by atoms with Crippen molar-refractivity contribution in [2.75, 3.05) is 26.2 Å². The fourth-order valence-electron chi connectivity index (χ4n) is 3.74. The van der Waals surface area contributed by atoms with Gasteiger partial charge in [0.05, 0.1) is 6.61 Å². The second kappa shape index (κ2) is 8.40. The summed E-state index contributed by atoms with van der Waals surface area (Å²) in [4.78, 5) is 18.2. The SMILES string of the molecule is O=c1cc(-c2ccc(OCCCN3CCCCC3)cc2)[nH]c2ccccc12. The summed E-state index contributed by atoms with van der Waals surface area (Å²) in [5.74, 6) is 0.875. The minimum absolute atomic E-state index is 0.0392. The lowest BCUT2D eigenvalue weighted by Crippen LogP contribution is -2.31. The molecule has 3 aromatic rings. The zero-order valence-corrected chi connectivity index (χ0v) is 15.6. The predicted molar refractivity (Wildman–Crippen MR) is 110 cm³/mol. The number of benzene rings is 2. The van der Waals surface area contributed by atoms with E-state index in [4.69, 9.17) is 4.74 Å². The average Bonchev–Trinajstić information content (AvgIpc) is 2.72. The van der Waals surface area contributed by atoms with E-state index in [-0.39, 0.29) is 5.43 Å². The maximum absolute atomic E-state index is 12.3. The van der Waals surface area contributed by atoms with Crippen LogP contribution >= 0.6 is 0 Å². The lowest BCUT2D eigenvalue weighted by atomic mass is 10.1. The molecule has 1 fully saturated rings. The maximum Gasteiger partial charge on any atom is 0.190 e. The molecule has 0 atom stereocenters. The lowest BCUT2D eigenvalue weighted by Gasteiger charge is -2.26. The normalized spacial score (nSPS) is 15.1. The van der Waals surface area contributed by atoms with Gasteiger partial charge in [0.15, 0.2) is 5.43 Å². The van der Waals surface area contributed by atoms with E-state index in [2.05, 4.69) is 9.88 Å². The molecule has 140 valence electrons. The van der Waals surface area contributed by atoms with Crippen molar-refractivity contribution in [3.05, 3.63) is 64.8 Å². The third-order valence-electron chi connectivity index (χ3n) is 5.24. The maximum atomic E-state index is 12.3. The minimum atomic E-state index is 0.0392. The molecule has 4 rings (SSSR count). The smallest absolute Gasteiger partial charge is 0.190 e. The van der Waals surface area contributed by atoms with E-state index < -0.39 is 0 Å². The largest absolute Gasteiger partial charge is 0.494 e. The van der Waals surface area contributed by atoms with Crippen LogP contribution in [0.4, 0.5) is 0 Å². The molecule has 4 nitrogen and oxygen atoms in total. The monoisotopic (exact) mass is 362 g/mol. The summed E-state index contributed by atoms with van der Waals surface area (Å²) in [6.07, 6.45) is 5.10. The fourth-order valence-corrected chi connectivity index (χ4v) is 3.74. The van der Waals surface area contributed by atoms with Crippen LogP contribution in [0.15, 0.2) is 59.4 Å². The molecule has 0 bridgehead atoms. The zero-order valence-electron chi connectivity index (χ0n) is 15.6. The van der Waals surface area contributed by atoms with Crippen LogP contribution in [0.2, 0.25) is 0 Å². The van der Waals surface area contributed by atoms with Crippen molar-refractivity contribution in [2.24, 2.45) is 0 Å². The van der Waals surface area contributed by atoms with Crippen molar-refractivity contribution in [1.82, 2.24) is 9.88 Å². The van der Waals surface area contributed by atoms with Crippen LogP contribution in [0.3, 0.4) is 0 Å². The second-order valence-corrected chi connectivity index (χ2v) is 7.22. The average molecular weight is 362 g/mol. The number of likely N-dealkylation sites (tertiary alicyclic amines) is 1. The van der Waals surface area contributed by atoms with E-state index in [0.29, 0.717) is 0 Å². The number of hydrogen-bond acceptors (Lipinski definition) is 3. The Morgan fingerprint density at radius 2 is 1.74 bits per heavy atom. The fraction of sp³-hybridized carbons (Fsp3) is 0.348. The first-order valence-corrected chi connectivity index (χ1v) is 9.87. The Labute approximate surface area is 159 Å². The third-order valence-corrected chi connectivity index (χ3v) is 5.24. The molecule has 0 spiro atoms. The molecule has 0 amide bonds. The summed E-state index contributed by atoms with van der Waals surface area (Å²) >= 11 is 0. The van der Waals surface area contributed by atoms with Gasteiger partial charge in [-0.3, -0.25) is 4.79 Å². The summed E-state index contributed by atoms with van der Waals surface area (Å²) in [7, 11) is 0. The van der Waals surface area contributed by atoms with Crippen LogP contribution in [0.5, 0.6) is 5.75 Å². The van der Waals surface area contributed by atoms with Gasteiger partial charge in [0, 0.05) is 29.2 Å². The van der Waals surface area contributed by atoms with Gasteiger partial charge in [0.1, 0.15) is 5.75 Å². The number of nitrogens with zero attached hydrogens (tertiary/aromatic N) is 1. The highest BCUT2D eigenvalue weighted by Gasteiger charge is 2.09. The predicted octanol–water partition coefficient (Wildman–Crippen LogP) is 4.45. The Morgan fingerprint density at radius 3 is 2.56 bits per heavy atom. The van der Waals surface area contributed by atoms with Crippen molar-refractivity contribution < 1.29 is 4.74 Å². The van der Waals surface area contributed by atoms with Gasteiger partial charge in [-0.1, -0.05) is 18.6 Å². The molecule has 1 aliphatic heterocycles. The molecule has 1 aliphatic rings. The summed E-state index contributed by atoms with van der Waals surface area (Å²) < 4.78 is 5.88. The molecule has 27 heavy (non-hydrogen) atoms. The van der Waals surface area contributed by atoms with Gasteiger partial charge in [-0.15, -0.1) is 0 Å². The van der Waals surface area contributed by atoms with E-state index >= 15 is 0 Å². The van der Waals surface area contributed by atoms with Gasteiger partial charge in [-0.2, -0.15) is 0 Å². The van der Waals surface area contributed by atoms with Crippen molar-refractivity contribution in [3.63, 3.8) is 0 Å². The molecule has 1 saturated heterocycles. The van der Waals surface area contributed by atoms with Gasteiger partial charge < -0.3 is 14.6 Å². The topological polar surface area (TPSA) is 45.3 Å². The Morgan fingerprint density at radius 1 is 0.963 bits per heavy atom. The number of para-hydroxylation sites is 1. The Balaban J connectivity index is 1.36. The highest BCUT2D eigenvalue weighted by atomic mass is 16.5. The van der Waals surface area contributed by atoms with Crippen LogP contribution in [-0.2, 0) is 0 Å². The first-order chi connectivity index (χ1) is 13.3. The van der Waals surface area contributed by atoms with E-state index in [0.717, 1.165) is 47.5 Å². The molecule has 2 heterocycles. The van der Waals surface area contributed by atoms with Gasteiger partial charge in [-0.25, -0.2) is 0 Å². The lowest BCUT2D eigenvalue weighted by molar-refractivity contribution is 0.205. The molecular weight excluding hydrogens is 336 g/mol. The van der Waals surface area contributed by atoms with Crippen molar-refractivity contribution in [2.45, 2.75) is 25.7 Å². The number of fused-ring (bicyclic) bond motifs is 1. The molecule has 1 aromatic heterocycles. The number of nitrogens with one attached hydrogen (secondary N) is 1. The van der Waals surface area contributed by atoms with E-state index in [9.17, 15) is 4.79 Å². The highest BCUT2D eigenvalue weighted by molar-refractivity contribution is 5.81. The van der Waals surface area contributed by atoms with Crippen LogP contribution < -0.4 is 10.2 Å². The second-order valence-electron chi connectivity index (χ2n) is 7.22. The summed E-state index contributed by atoms with van der Waals surface area (Å²) in [5.41, 5.74) is 2.71. The summed E-state index contributed by atoms with van der Waals surface area (Å²) in [5, 5.41) is 0.718. The van der Waals surface area contributed by atoms with Crippen LogP contribution in [0.25, 0.3) is 22.2 Å². The number of H-pyrrole nitrogens is 1. The Hall–Kier alpha value is -2.59. The van der Waals surface area contributed by atoms with Gasteiger partial charge in [-0.05, 0) is 74.3 Å². The molecule has 4 heteroatoms. The number of rotatable bonds is 6. The third kappa shape index (κ3) is 4.40. The van der Waals surface area contributed by atoms with Gasteiger partial charge >= 0.3 is 0 Å². The Kier molecular flexibility index (Phi) is 5.54. The Bertz CT molecular complexity index is 940. The standard InChI is InChI=1S/C23H26N2O2/c26-23-17-22(24-21-8-3-2-7-20(21)23)18-9-11-19(12-10-18)27-16-6-15-25-13-4-1-5-14-25/h2-3,7-12,17H,1,4-6,13-16H2,(H,24,26). The number of aromatic nitrogens is 1. The highest BCUT2D eigenvalue weighted by Crippen LogP contribution is 2.22. The first-order valence-electron chi connectivity index (χ1n) is 9.87. The quantitative estimate of drug-likeness (QED) is 0.659. The first kappa shape index (κ1) is 17.8. The summed E-state index contributed by atoms with van der Waals surface area (Å²) in [6, 6.07) is 17.2. The number of ether oxygens (including phenoxy) is 1. The van der Waals surface area contributed by atoms with Crippen molar-refractivity contribution in [3.8, 4) is 17.0 Å². The molecule has 0 aliphatic carbocycles. The summed E-state index contributed by atoms with van der Waals surface area (Å²) in [6.45, 7) is 4.33. The molecule has 2 aromatic carbocycles. The molecular formula is C23H26N2O2.